The summed E-state index contributed by atoms with van der Waals surface area (Å²) in [5.41, 5.74) is 1.29. The Labute approximate surface area is 133 Å². The standard InChI is InChI=1S/C16H15Cl2FN2/c17-14-13(10-6-8-12(19)9-7-10)15(18)21-16(20-14)11-4-2-1-3-5-11/h6-9,11H,1-5H2. The van der Waals surface area contributed by atoms with Crippen molar-refractivity contribution in [3.8, 4) is 11.1 Å². The molecule has 1 aliphatic rings. The Morgan fingerprint density at radius 3 is 2.05 bits per heavy atom. The minimum Gasteiger partial charge on any atom is -0.220 e. The monoisotopic (exact) mass is 324 g/mol. The maximum Gasteiger partial charge on any atom is 0.142 e. The van der Waals surface area contributed by atoms with E-state index in [1.807, 2.05) is 0 Å². The molecule has 0 N–H and O–H groups in total. The highest BCUT2D eigenvalue weighted by atomic mass is 35.5. The van der Waals surface area contributed by atoms with Crippen LogP contribution < -0.4 is 0 Å². The number of nitrogens with zero attached hydrogens (tertiary/aromatic N) is 2. The lowest BCUT2D eigenvalue weighted by Crippen LogP contribution is -2.09. The summed E-state index contributed by atoms with van der Waals surface area (Å²) in [5.74, 6) is 0.775. The molecule has 0 spiro atoms. The van der Waals surface area contributed by atoms with Gasteiger partial charge in [0.05, 0.1) is 5.56 Å². The molecule has 2 aromatic rings. The van der Waals surface area contributed by atoms with Crippen LogP contribution in [0.2, 0.25) is 10.3 Å². The van der Waals surface area contributed by atoms with E-state index in [9.17, 15) is 4.39 Å². The summed E-state index contributed by atoms with van der Waals surface area (Å²) in [6, 6.07) is 6.01. The normalized spacial score (nSPS) is 16.1. The predicted octanol–water partition coefficient (Wildman–Crippen LogP) is 5.64. The lowest BCUT2D eigenvalue weighted by Gasteiger charge is -2.21. The van der Waals surface area contributed by atoms with Gasteiger partial charge in [-0.2, -0.15) is 0 Å². The van der Waals surface area contributed by atoms with Crippen molar-refractivity contribution < 1.29 is 4.39 Å². The molecule has 1 fully saturated rings. The zero-order chi connectivity index (χ0) is 14.8. The van der Waals surface area contributed by atoms with Gasteiger partial charge in [-0.05, 0) is 30.5 Å². The van der Waals surface area contributed by atoms with E-state index >= 15 is 0 Å². The second-order valence-corrected chi connectivity index (χ2v) is 6.10. The highest BCUT2D eigenvalue weighted by Gasteiger charge is 2.21. The molecule has 1 aromatic heterocycles. The van der Waals surface area contributed by atoms with Crippen LogP contribution in [0.1, 0.15) is 43.8 Å². The Kier molecular flexibility index (Phi) is 4.41. The number of hydrogen-bond acceptors (Lipinski definition) is 2. The van der Waals surface area contributed by atoms with E-state index in [0.29, 0.717) is 21.8 Å². The van der Waals surface area contributed by atoms with Gasteiger partial charge in [-0.15, -0.1) is 0 Å². The fourth-order valence-corrected chi connectivity index (χ4v) is 3.44. The summed E-state index contributed by atoms with van der Waals surface area (Å²) < 4.78 is 13.0. The largest absolute Gasteiger partial charge is 0.220 e. The maximum absolute atomic E-state index is 13.0. The van der Waals surface area contributed by atoms with Crippen molar-refractivity contribution in [2.24, 2.45) is 0 Å². The lowest BCUT2D eigenvalue weighted by atomic mass is 9.88. The van der Waals surface area contributed by atoms with Crippen LogP contribution in [-0.4, -0.2) is 9.97 Å². The molecule has 1 aromatic carbocycles. The SMILES string of the molecule is Fc1ccc(-c2c(Cl)nc(C3CCCCC3)nc2Cl)cc1. The molecule has 0 unspecified atom stereocenters. The highest BCUT2D eigenvalue weighted by molar-refractivity contribution is 6.37. The zero-order valence-electron chi connectivity index (χ0n) is 11.5. The number of hydrogen-bond donors (Lipinski definition) is 0. The van der Waals surface area contributed by atoms with Crippen LogP contribution in [0.4, 0.5) is 4.39 Å². The van der Waals surface area contributed by atoms with Crippen LogP contribution in [0.3, 0.4) is 0 Å². The smallest absolute Gasteiger partial charge is 0.142 e. The minimum absolute atomic E-state index is 0.300. The van der Waals surface area contributed by atoms with Gasteiger partial charge in [0.25, 0.3) is 0 Å². The molecule has 2 nitrogen and oxygen atoms in total. The van der Waals surface area contributed by atoms with Crippen molar-refractivity contribution in [3.05, 3.63) is 46.2 Å². The fourth-order valence-electron chi connectivity index (χ4n) is 2.82. The van der Waals surface area contributed by atoms with E-state index in [4.69, 9.17) is 23.2 Å². The molecule has 0 atom stereocenters. The Bertz CT molecular complexity index is 614. The summed E-state index contributed by atoms with van der Waals surface area (Å²) in [6.45, 7) is 0. The van der Waals surface area contributed by atoms with Crippen molar-refractivity contribution in [2.75, 3.05) is 0 Å². The quantitative estimate of drug-likeness (QED) is 0.668. The summed E-state index contributed by atoms with van der Waals surface area (Å²) in [7, 11) is 0. The minimum atomic E-state index is -0.300. The highest BCUT2D eigenvalue weighted by Crippen LogP contribution is 2.36. The third-order valence-electron chi connectivity index (χ3n) is 3.94. The van der Waals surface area contributed by atoms with Gasteiger partial charge in [-0.25, -0.2) is 14.4 Å². The van der Waals surface area contributed by atoms with E-state index in [2.05, 4.69) is 9.97 Å². The van der Waals surface area contributed by atoms with E-state index in [-0.39, 0.29) is 5.82 Å². The predicted molar refractivity (Wildman–Crippen MR) is 83.3 cm³/mol. The molecule has 3 rings (SSSR count). The topological polar surface area (TPSA) is 25.8 Å². The lowest BCUT2D eigenvalue weighted by molar-refractivity contribution is 0.428. The molecule has 0 amide bonds. The number of benzene rings is 1. The van der Waals surface area contributed by atoms with Gasteiger partial charge in [0.1, 0.15) is 21.9 Å². The second kappa shape index (κ2) is 6.29. The summed E-state index contributed by atoms with van der Waals surface area (Å²) >= 11 is 12.6. The Balaban J connectivity index is 1.97. The molecule has 1 saturated carbocycles. The summed E-state index contributed by atoms with van der Waals surface area (Å²) in [4.78, 5) is 8.87. The van der Waals surface area contributed by atoms with Gasteiger partial charge in [0.15, 0.2) is 0 Å². The average molecular weight is 325 g/mol. The van der Waals surface area contributed by atoms with E-state index < -0.39 is 0 Å². The third-order valence-corrected chi connectivity index (χ3v) is 4.49. The van der Waals surface area contributed by atoms with Gasteiger partial charge in [-0.1, -0.05) is 54.6 Å². The molecule has 1 heterocycles. The van der Waals surface area contributed by atoms with Crippen LogP contribution in [0.5, 0.6) is 0 Å². The molecular weight excluding hydrogens is 310 g/mol. The molecule has 110 valence electrons. The van der Waals surface area contributed by atoms with Gasteiger partial charge in [-0.3, -0.25) is 0 Å². The third kappa shape index (κ3) is 3.19. The zero-order valence-corrected chi connectivity index (χ0v) is 13.0. The molecular formula is C16H15Cl2FN2. The fraction of sp³-hybridized carbons (Fsp3) is 0.375. The first kappa shape index (κ1) is 14.7. The Morgan fingerprint density at radius 1 is 0.905 bits per heavy atom. The first-order chi connectivity index (χ1) is 10.1. The number of aromatic nitrogens is 2. The van der Waals surface area contributed by atoms with Crippen molar-refractivity contribution in [1.82, 2.24) is 9.97 Å². The summed E-state index contributed by atoms with van der Waals surface area (Å²) in [6.07, 6.45) is 5.84. The molecule has 0 bridgehead atoms. The Hall–Kier alpha value is -1.19. The number of rotatable bonds is 2. The van der Waals surface area contributed by atoms with Crippen molar-refractivity contribution in [2.45, 2.75) is 38.0 Å². The van der Waals surface area contributed by atoms with Gasteiger partial charge in [0.2, 0.25) is 0 Å². The van der Waals surface area contributed by atoms with Crippen LogP contribution in [0, 0.1) is 5.82 Å². The van der Waals surface area contributed by atoms with E-state index in [0.717, 1.165) is 24.2 Å². The maximum atomic E-state index is 13.0. The molecule has 1 aliphatic carbocycles. The van der Waals surface area contributed by atoms with E-state index in [1.165, 1.54) is 31.4 Å². The Morgan fingerprint density at radius 2 is 1.48 bits per heavy atom. The van der Waals surface area contributed by atoms with Crippen LogP contribution in [-0.2, 0) is 0 Å². The molecule has 0 radical (unpaired) electrons. The van der Waals surface area contributed by atoms with Crippen LogP contribution >= 0.6 is 23.2 Å². The van der Waals surface area contributed by atoms with Crippen molar-refractivity contribution in [3.63, 3.8) is 0 Å². The average Bonchev–Trinajstić information content (AvgIpc) is 2.49. The molecule has 21 heavy (non-hydrogen) atoms. The molecule has 5 heteroatoms. The van der Waals surface area contributed by atoms with Gasteiger partial charge in [0, 0.05) is 5.92 Å². The van der Waals surface area contributed by atoms with Crippen LogP contribution in [0.25, 0.3) is 11.1 Å². The first-order valence-corrected chi connectivity index (χ1v) is 7.89. The van der Waals surface area contributed by atoms with Gasteiger partial charge < -0.3 is 0 Å². The summed E-state index contributed by atoms with van der Waals surface area (Å²) in [5, 5.41) is 0.671. The first-order valence-electron chi connectivity index (χ1n) is 7.14. The molecule has 0 saturated heterocycles. The van der Waals surface area contributed by atoms with Crippen LogP contribution in [0.15, 0.2) is 24.3 Å². The van der Waals surface area contributed by atoms with Crippen molar-refractivity contribution in [1.29, 1.82) is 0 Å². The van der Waals surface area contributed by atoms with Crippen molar-refractivity contribution >= 4 is 23.2 Å². The number of halogens is 3. The second-order valence-electron chi connectivity index (χ2n) is 5.38. The molecule has 0 aliphatic heterocycles. The van der Waals surface area contributed by atoms with Gasteiger partial charge >= 0.3 is 0 Å². The van der Waals surface area contributed by atoms with E-state index in [1.54, 1.807) is 12.1 Å².